The number of amides is 2. The maximum atomic E-state index is 12.7. The molecule has 1 heterocycles. The lowest BCUT2D eigenvalue weighted by molar-refractivity contribution is -0.120. The van der Waals surface area contributed by atoms with Gasteiger partial charge in [-0.05, 0) is 57.2 Å². The summed E-state index contributed by atoms with van der Waals surface area (Å²) in [7, 11) is 0. The van der Waals surface area contributed by atoms with E-state index >= 15 is 0 Å². The molecule has 2 aromatic rings. The van der Waals surface area contributed by atoms with Gasteiger partial charge in [0.25, 0.3) is 0 Å². The van der Waals surface area contributed by atoms with Crippen molar-refractivity contribution in [3.8, 4) is 11.5 Å². The molecule has 1 aliphatic heterocycles. The van der Waals surface area contributed by atoms with Crippen LogP contribution in [0.1, 0.15) is 27.2 Å². The Balaban J connectivity index is 1.63. The second-order valence-corrected chi connectivity index (χ2v) is 7.97. The van der Waals surface area contributed by atoms with Gasteiger partial charge in [0.2, 0.25) is 5.91 Å². The Labute approximate surface area is 170 Å². The highest BCUT2D eigenvalue weighted by molar-refractivity contribution is 5.97. The molecule has 0 bridgehead atoms. The van der Waals surface area contributed by atoms with E-state index in [0.717, 1.165) is 5.75 Å². The summed E-state index contributed by atoms with van der Waals surface area (Å²) in [5.74, 6) is 0.988. The van der Waals surface area contributed by atoms with Gasteiger partial charge in [-0.3, -0.25) is 9.69 Å². The molecular formula is C22H26N2O5. The predicted octanol–water partition coefficient (Wildman–Crippen LogP) is 3.79. The molecule has 1 aliphatic rings. The van der Waals surface area contributed by atoms with Crippen LogP contribution in [0.15, 0.2) is 54.6 Å². The molecule has 0 spiro atoms. The lowest BCUT2D eigenvalue weighted by Crippen LogP contribution is -2.45. The summed E-state index contributed by atoms with van der Waals surface area (Å²) >= 11 is 0. The van der Waals surface area contributed by atoms with Crippen LogP contribution in [-0.4, -0.2) is 46.3 Å². The third-order valence-corrected chi connectivity index (χ3v) is 4.31. The first-order valence-corrected chi connectivity index (χ1v) is 9.53. The van der Waals surface area contributed by atoms with Crippen LogP contribution in [0.3, 0.4) is 0 Å². The van der Waals surface area contributed by atoms with Crippen LogP contribution in [-0.2, 0) is 9.53 Å². The van der Waals surface area contributed by atoms with Crippen molar-refractivity contribution >= 4 is 17.7 Å². The van der Waals surface area contributed by atoms with Crippen molar-refractivity contribution in [1.29, 1.82) is 0 Å². The van der Waals surface area contributed by atoms with Crippen molar-refractivity contribution in [1.82, 2.24) is 4.90 Å². The second-order valence-electron chi connectivity index (χ2n) is 7.97. The number of likely N-dealkylation sites (tertiary alicyclic amines) is 1. The van der Waals surface area contributed by atoms with Gasteiger partial charge in [0.1, 0.15) is 23.1 Å². The quantitative estimate of drug-likeness (QED) is 0.818. The van der Waals surface area contributed by atoms with Gasteiger partial charge in [-0.2, -0.15) is 0 Å². The first-order chi connectivity index (χ1) is 13.7. The van der Waals surface area contributed by atoms with Gasteiger partial charge in [-0.15, -0.1) is 0 Å². The average molecular weight is 398 g/mol. The van der Waals surface area contributed by atoms with E-state index in [2.05, 4.69) is 5.32 Å². The number of nitrogens with one attached hydrogen (secondary N) is 1. The summed E-state index contributed by atoms with van der Waals surface area (Å²) in [5, 5.41) is 12.8. The summed E-state index contributed by atoms with van der Waals surface area (Å²) < 4.78 is 11.1. The number of carbonyl (C=O) groups excluding carboxylic acids is 2. The van der Waals surface area contributed by atoms with Crippen LogP contribution < -0.4 is 10.1 Å². The number of hydrogen-bond donors (Lipinski definition) is 2. The van der Waals surface area contributed by atoms with E-state index in [-0.39, 0.29) is 18.9 Å². The van der Waals surface area contributed by atoms with E-state index < -0.39 is 23.8 Å². The summed E-state index contributed by atoms with van der Waals surface area (Å²) in [5.41, 5.74) is -0.110. The zero-order valence-electron chi connectivity index (χ0n) is 16.8. The van der Waals surface area contributed by atoms with Crippen LogP contribution in [0, 0.1) is 0 Å². The number of carbonyl (C=O) groups is 2. The Morgan fingerprint density at radius 3 is 2.28 bits per heavy atom. The SMILES string of the molecule is CC(C)(C)OC(=O)N1C[C@@H](O)C[C@H]1C(=O)Nc1ccc(Oc2ccccc2)cc1. The minimum Gasteiger partial charge on any atom is -0.457 e. The van der Waals surface area contributed by atoms with Crippen LogP contribution in [0.25, 0.3) is 0 Å². The molecule has 0 aliphatic carbocycles. The third-order valence-electron chi connectivity index (χ3n) is 4.31. The molecule has 2 aromatic carbocycles. The summed E-state index contributed by atoms with van der Waals surface area (Å²) in [4.78, 5) is 26.4. The van der Waals surface area contributed by atoms with Gasteiger partial charge in [0.15, 0.2) is 0 Å². The number of aliphatic hydroxyl groups excluding tert-OH is 1. The molecule has 1 saturated heterocycles. The highest BCUT2D eigenvalue weighted by atomic mass is 16.6. The average Bonchev–Trinajstić information content (AvgIpc) is 3.05. The number of benzene rings is 2. The number of rotatable bonds is 4. The molecular weight excluding hydrogens is 372 g/mol. The number of para-hydroxylation sites is 1. The number of ether oxygens (including phenoxy) is 2. The molecule has 0 unspecified atom stereocenters. The second kappa shape index (κ2) is 8.53. The molecule has 0 radical (unpaired) electrons. The van der Waals surface area contributed by atoms with Crippen LogP contribution >= 0.6 is 0 Å². The Kier molecular flexibility index (Phi) is 6.08. The van der Waals surface area contributed by atoms with Gasteiger partial charge in [0.05, 0.1) is 12.6 Å². The van der Waals surface area contributed by atoms with Gasteiger partial charge >= 0.3 is 6.09 Å². The topological polar surface area (TPSA) is 88.1 Å². The maximum Gasteiger partial charge on any atom is 0.411 e. The van der Waals surface area contributed by atoms with Gasteiger partial charge in [0, 0.05) is 12.1 Å². The maximum absolute atomic E-state index is 12.7. The van der Waals surface area contributed by atoms with E-state index in [0.29, 0.717) is 11.4 Å². The molecule has 1 fully saturated rings. The van der Waals surface area contributed by atoms with Crippen molar-refractivity contribution in [3.63, 3.8) is 0 Å². The molecule has 0 aromatic heterocycles. The zero-order chi connectivity index (χ0) is 21.0. The normalized spacial score (nSPS) is 19.0. The fraction of sp³-hybridized carbons (Fsp3) is 0.364. The standard InChI is InChI=1S/C22H26N2O5/c1-22(2,3)29-21(27)24-14-16(25)13-19(24)20(26)23-15-9-11-18(12-10-15)28-17-7-5-4-6-8-17/h4-12,16,19,25H,13-14H2,1-3H3,(H,23,26)/t16-,19-/m0/s1. The van der Waals surface area contributed by atoms with E-state index in [1.54, 1.807) is 45.0 Å². The van der Waals surface area contributed by atoms with E-state index in [1.807, 2.05) is 30.3 Å². The molecule has 7 heteroatoms. The molecule has 29 heavy (non-hydrogen) atoms. The summed E-state index contributed by atoms with van der Waals surface area (Å²) in [6, 6.07) is 15.5. The van der Waals surface area contributed by atoms with Crippen LogP contribution in [0.4, 0.5) is 10.5 Å². The van der Waals surface area contributed by atoms with Crippen molar-refractivity contribution in [3.05, 3.63) is 54.6 Å². The number of aliphatic hydroxyl groups is 1. The Bertz CT molecular complexity index is 846. The number of hydrogen-bond acceptors (Lipinski definition) is 5. The first kappa shape index (κ1) is 20.7. The molecule has 2 N–H and O–H groups in total. The van der Waals surface area contributed by atoms with Crippen LogP contribution in [0.2, 0.25) is 0 Å². The van der Waals surface area contributed by atoms with Crippen molar-refractivity contribution < 1.29 is 24.2 Å². The van der Waals surface area contributed by atoms with Crippen LogP contribution in [0.5, 0.6) is 11.5 Å². The third kappa shape index (κ3) is 5.71. The minimum absolute atomic E-state index is 0.0663. The largest absolute Gasteiger partial charge is 0.457 e. The lowest BCUT2D eigenvalue weighted by Gasteiger charge is -2.27. The van der Waals surface area contributed by atoms with E-state index in [9.17, 15) is 14.7 Å². The molecule has 2 atom stereocenters. The molecule has 0 saturated carbocycles. The van der Waals surface area contributed by atoms with Crippen molar-refractivity contribution in [2.75, 3.05) is 11.9 Å². The highest BCUT2D eigenvalue weighted by Crippen LogP contribution is 2.25. The van der Waals surface area contributed by atoms with Gasteiger partial charge < -0.3 is 19.9 Å². The zero-order valence-corrected chi connectivity index (χ0v) is 16.8. The first-order valence-electron chi connectivity index (χ1n) is 9.53. The smallest absolute Gasteiger partial charge is 0.411 e. The highest BCUT2D eigenvalue weighted by Gasteiger charge is 2.40. The van der Waals surface area contributed by atoms with E-state index in [1.165, 1.54) is 4.90 Å². The Hall–Kier alpha value is -3.06. The number of β-amino-alcohol motifs (C(OH)–C–C–N with tert-alkyl or cyclic N) is 1. The fourth-order valence-electron chi connectivity index (χ4n) is 3.04. The minimum atomic E-state index is -0.792. The van der Waals surface area contributed by atoms with E-state index in [4.69, 9.17) is 9.47 Å². The Morgan fingerprint density at radius 1 is 1.03 bits per heavy atom. The monoisotopic (exact) mass is 398 g/mol. The summed E-state index contributed by atoms with van der Waals surface area (Å²) in [6.07, 6.45) is -1.21. The predicted molar refractivity (Wildman–Crippen MR) is 109 cm³/mol. The Morgan fingerprint density at radius 2 is 1.66 bits per heavy atom. The number of nitrogens with zero attached hydrogens (tertiary/aromatic N) is 1. The molecule has 154 valence electrons. The lowest BCUT2D eigenvalue weighted by atomic mass is 10.1. The number of anilines is 1. The molecule has 3 rings (SSSR count). The van der Waals surface area contributed by atoms with Crippen molar-refractivity contribution in [2.45, 2.75) is 44.9 Å². The summed E-state index contributed by atoms with van der Waals surface area (Å²) in [6.45, 7) is 5.33. The van der Waals surface area contributed by atoms with Gasteiger partial charge in [-0.1, -0.05) is 18.2 Å². The molecule has 2 amide bonds. The van der Waals surface area contributed by atoms with Gasteiger partial charge in [-0.25, -0.2) is 4.79 Å². The molecule has 7 nitrogen and oxygen atoms in total. The van der Waals surface area contributed by atoms with Crippen molar-refractivity contribution in [2.24, 2.45) is 0 Å². The fourth-order valence-corrected chi connectivity index (χ4v) is 3.04.